The molecule has 0 radical (unpaired) electrons. The highest BCUT2D eigenvalue weighted by Gasteiger charge is 2.20. The molecule has 15 heavy (non-hydrogen) atoms. The molecule has 2 N–H and O–H groups in total. The van der Waals surface area contributed by atoms with Crippen LogP contribution < -0.4 is 10.6 Å². The van der Waals surface area contributed by atoms with Crippen molar-refractivity contribution >= 4 is 16.9 Å². The Hall–Kier alpha value is -1.62. The van der Waals surface area contributed by atoms with E-state index in [0.717, 1.165) is 29.9 Å². The molecule has 2 aromatic rings. The van der Waals surface area contributed by atoms with E-state index in [4.69, 9.17) is 0 Å². The van der Waals surface area contributed by atoms with Gasteiger partial charge < -0.3 is 15.2 Å². The van der Waals surface area contributed by atoms with Gasteiger partial charge in [0.05, 0.1) is 24.1 Å². The van der Waals surface area contributed by atoms with E-state index in [9.17, 15) is 0 Å². The Bertz CT molecular complexity index is 486. The summed E-state index contributed by atoms with van der Waals surface area (Å²) in [6.45, 7) is 2.06. The molecule has 0 atom stereocenters. The van der Waals surface area contributed by atoms with Gasteiger partial charge in [-0.1, -0.05) is 0 Å². The summed E-state index contributed by atoms with van der Waals surface area (Å²) in [4.78, 5) is 8.58. The number of pyridine rings is 1. The molecule has 1 aliphatic heterocycles. The van der Waals surface area contributed by atoms with Gasteiger partial charge in [-0.05, 0) is 0 Å². The van der Waals surface area contributed by atoms with Gasteiger partial charge in [0, 0.05) is 26.2 Å². The summed E-state index contributed by atoms with van der Waals surface area (Å²) >= 11 is 0. The van der Waals surface area contributed by atoms with Crippen LogP contribution in [0.4, 0.5) is 5.82 Å². The van der Waals surface area contributed by atoms with Crippen LogP contribution in [0.2, 0.25) is 0 Å². The molecule has 1 saturated heterocycles. The fraction of sp³-hybridized carbons (Fsp3) is 0.400. The highest BCUT2D eigenvalue weighted by atomic mass is 15.2. The molecule has 5 heteroatoms. The molecule has 2 aromatic heterocycles. The van der Waals surface area contributed by atoms with Crippen molar-refractivity contribution in [2.75, 3.05) is 25.5 Å². The van der Waals surface area contributed by atoms with Crippen molar-refractivity contribution < 1.29 is 0 Å². The van der Waals surface area contributed by atoms with Crippen molar-refractivity contribution in [3.63, 3.8) is 0 Å². The number of nitrogens with one attached hydrogen (secondary N) is 2. The van der Waals surface area contributed by atoms with Crippen LogP contribution >= 0.6 is 0 Å². The fourth-order valence-electron chi connectivity index (χ4n) is 1.83. The van der Waals surface area contributed by atoms with Gasteiger partial charge in [0.15, 0.2) is 0 Å². The highest BCUT2D eigenvalue weighted by molar-refractivity contribution is 5.77. The van der Waals surface area contributed by atoms with E-state index >= 15 is 0 Å². The van der Waals surface area contributed by atoms with Crippen LogP contribution in [0.5, 0.6) is 0 Å². The number of hydrogen-bond donors (Lipinski definition) is 2. The predicted octanol–water partition coefficient (Wildman–Crippen LogP) is 0.617. The van der Waals surface area contributed by atoms with Crippen LogP contribution in [0.1, 0.15) is 6.04 Å². The van der Waals surface area contributed by atoms with Gasteiger partial charge >= 0.3 is 0 Å². The normalized spacial score (nSPS) is 16.6. The number of nitrogens with zero attached hydrogens (tertiary/aromatic N) is 3. The van der Waals surface area contributed by atoms with Gasteiger partial charge in [-0.2, -0.15) is 0 Å². The second-order valence-corrected chi connectivity index (χ2v) is 3.77. The first-order valence-electron chi connectivity index (χ1n) is 5.09. The molecular formula is C10H13N5. The van der Waals surface area contributed by atoms with Crippen LogP contribution in [-0.4, -0.2) is 34.7 Å². The lowest BCUT2D eigenvalue weighted by Crippen LogP contribution is -2.43. The Balaban J connectivity index is 2.13. The van der Waals surface area contributed by atoms with Crippen LogP contribution in [0.15, 0.2) is 18.6 Å². The lowest BCUT2D eigenvalue weighted by molar-refractivity contribution is 0.350. The molecule has 5 nitrogen and oxygen atoms in total. The number of fused-ring (bicyclic) bond motifs is 1. The lowest BCUT2D eigenvalue weighted by atomic mass is 10.2. The minimum Gasteiger partial charge on any atom is -0.373 e. The first-order valence-corrected chi connectivity index (χ1v) is 5.09. The van der Waals surface area contributed by atoms with Gasteiger partial charge in [0.25, 0.3) is 0 Å². The van der Waals surface area contributed by atoms with E-state index in [0.29, 0.717) is 6.04 Å². The molecular weight excluding hydrogens is 190 g/mol. The van der Waals surface area contributed by atoms with Gasteiger partial charge in [-0.25, -0.2) is 9.97 Å². The van der Waals surface area contributed by atoms with E-state index < -0.39 is 0 Å². The van der Waals surface area contributed by atoms with Gasteiger partial charge in [0.2, 0.25) is 0 Å². The summed E-state index contributed by atoms with van der Waals surface area (Å²) in [6, 6.07) is 2.59. The molecule has 0 saturated carbocycles. The van der Waals surface area contributed by atoms with E-state index in [1.165, 1.54) is 0 Å². The van der Waals surface area contributed by atoms with E-state index in [1.54, 1.807) is 0 Å². The summed E-state index contributed by atoms with van der Waals surface area (Å²) < 4.78 is 2.22. The topological polar surface area (TPSA) is 54.8 Å². The number of imidazole rings is 1. The summed E-state index contributed by atoms with van der Waals surface area (Å²) in [5.41, 5.74) is 2.11. The SMILES string of the molecule is CNc1cc2c(cn1)ncn2C1CNC1. The molecule has 78 valence electrons. The second kappa shape index (κ2) is 3.20. The standard InChI is InChI=1S/C10H13N5/c1-11-10-2-9-8(5-13-10)14-6-15(9)7-3-12-4-7/h2,5-7,12H,3-4H2,1H3,(H,11,13). The number of aromatic nitrogens is 3. The molecule has 0 spiro atoms. The largest absolute Gasteiger partial charge is 0.373 e. The van der Waals surface area contributed by atoms with Crippen molar-refractivity contribution in [1.82, 2.24) is 19.9 Å². The molecule has 3 rings (SSSR count). The van der Waals surface area contributed by atoms with Crippen LogP contribution in [-0.2, 0) is 0 Å². The third-order valence-electron chi connectivity index (χ3n) is 2.87. The predicted molar refractivity (Wildman–Crippen MR) is 59.0 cm³/mol. The maximum Gasteiger partial charge on any atom is 0.127 e. The summed E-state index contributed by atoms with van der Waals surface area (Å²) in [5, 5.41) is 6.31. The zero-order valence-electron chi connectivity index (χ0n) is 8.57. The molecule has 0 aromatic carbocycles. The average Bonchev–Trinajstić information content (AvgIpc) is 2.59. The van der Waals surface area contributed by atoms with Crippen LogP contribution in [0.3, 0.4) is 0 Å². The van der Waals surface area contributed by atoms with E-state index in [-0.39, 0.29) is 0 Å². The number of rotatable bonds is 2. The Morgan fingerprint density at radius 2 is 2.33 bits per heavy atom. The fourth-order valence-corrected chi connectivity index (χ4v) is 1.83. The molecule has 0 bridgehead atoms. The van der Waals surface area contributed by atoms with Crippen LogP contribution in [0.25, 0.3) is 11.0 Å². The first kappa shape index (κ1) is 8.67. The molecule has 0 unspecified atom stereocenters. The zero-order chi connectivity index (χ0) is 10.3. The van der Waals surface area contributed by atoms with Gasteiger partial charge in [-0.15, -0.1) is 0 Å². The van der Waals surface area contributed by atoms with Crippen molar-refractivity contribution in [3.05, 3.63) is 18.6 Å². The maximum atomic E-state index is 4.34. The Morgan fingerprint density at radius 1 is 1.47 bits per heavy atom. The van der Waals surface area contributed by atoms with Crippen molar-refractivity contribution in [2.45, 2.75) is 6.04 Å². The molecule has 0 amide bonds. The maximum absolute atomic E-state index is 4.34. The molecule has 0 aliphatic carbocycles. The van der Waals surface area contributed by atoms with E-state index in [1.807, 2.05) is 25.6 Å². The molecule has 1 aliphatic rings. The summed E-state index contributed by atoms with van der Waals surface area (Å²) in [7, 11) is 1.87. The summed E-state index contributed by atoms with van der Waals surface area (Å²) in [6.07, 6.45) is 3.71. The molecule has 3 heterocycles. The van der Waals surface area contributed by atoms with Crippen molar-refractivity contribution in [2.24, 2.45) is 0 Å². The Kier molecular flexibility index (Phi) is 1.85. The van der Waals surface area contributed by atoms with Crippen molar-refractivity contribution in [3.8, 4) is 0 Å². The quantitative estimate of drug-likeness (QED) is 0.751. The third kappa shape index (κ3) is 1.27. The van der Waals surface area contributed by atoms with Crippen molar-refractivity contribution in [1.29, 1.82) is 0 Å². The lowest BCUT2D eigenvalue weighted by Gasteiger charge is -2.28. The third-order valence-corrected chi connectivity index (χ3v) is 2.87. The number of anilines is 1. The van der Waals surface area contributed by atoms with E-state index in [2.05, 4.69) is 25.2 Å². The van der Waals surface area contributed by atoms with Gasteiger partial charge in [0.1, 0.15) is 11.3 Å². The average molecular weight is 203 g/mol. The zero-order valence-corrected chi connectivity index (χ0v) is 8.57. The molecule has 1 fully saturated rings. The highest BCUT2D eigenvalue weighted by Crippen LogP contribution is 2.21. The van der Waals surface area contributed by atoms with Gasteiger partial charge in [-0.3, -0.25) is 0 Å². The minimum absolute atomic E-state index is 0.544. The van der Waals surface area contributed by atoms with Crippen LogP contribution in [0, 0.1) is 0 Å². The first-order chi connectivity index (χ1) is 7.38. The second-order valence-electron chi connectivity index (χ2n) is 3.77. The number of hydrogen-bond acceptors (Lipinski definition) is 4. The Labute approximate surface area is 87.5 Å². The Morgan fingerprint density at radius 3 is 3.00 bits per heavy atom. The monoisotopic (exact) mass is 203 g/mol. The summed E-state index contributed by atoms with van der Waals surface area (Å²) in [5.74, 6) is 0.886. The smallest absolute Gasteiger partial charge is 0.127 e. The minimum atomic E-state index is 0.544.